The average molecular weight is 245 g/mol. The van der Waals surface area contributed by atoms with Gasteiger partial charge in [-0.15, -0.1) is 0 Å². The first-order valence-electron chi connectivity index (χ1n) is 6.54. The Labute approximate surface area is 103 Å². The Balaban J connectivity index is 1.75. The lowest BCUT2D eigenvalue weighted by molar-refractivity contribution is -0.223. The van der Waals surface area contributed by atoms with E-state index in [9.17, 15) is 5.11 Å². The molecule has 0 aliphatic carbocycles. The molecule has 3 atom stereocenters. The quantitative estimate of drug-likeness (QED) is 0.784. The van der Waals surface area contributed by atoms with E-state index >= 15 is 0 Å². The van der Waals surface area contributed by atoms with Crippen molar-refractivity contribution in [1.29, 1.82) is 0 Å². The highest BCUT2D eigenvalue weighted by Crippen LogP contribution is 2.17. The van der Waals surface area contributed by atoms with Crippen LogP contribution in [-0.2, 0) is 14.2 Å². The molecule has 0 radical (unpaired) electrons. The number of aliphatic hydroxyl groups is 1. The van der Waals surface area contributed by atoms with Crippen LogP contribution in [0.2, 0.25) is 0 Å². The van der Waals surface area contributed by atoms with Crippen LogP contribution in [0.15, 0.2) is 0 Å². The highest BCUT2D eigenvalue weighted by atomic mass is 16.7. The van der Waals surface area contributed by atoms with Gasteiger partial charge in [-0.3, -0.25) is 4.90 Å². The standard InChI is InChI=1S/C12H23NO4/c1-10(17-11-4-2-3-7-16-11)12(14)13-5-8-15-9-6-13/h10-12,14H,2-9H2,1H3/t10-,11?,12?/m0/s1. The Bertz CT molecular complexity index is 215. The number of hydrogen-bond donors (Lipinski definition) is 1. The maximum Gasteiger partial charge on any atom is 0.158 e. The van der Waals surface area contributed by atoms with Crippen molar-refractivity contribution < 1.29 is 19.3 Å². The maximum atomic E-state index is 10.2. The Kier molecular flexibility index (Phi) is 5.18. The van der Waals surface area contributed by atoms with Crippen LogP contribution in [0.1, 0.15) is 26.2 Å². The SMILES string of the molecule is C[C@H](OC1CCCCO1)C(O)N1CCOCC1. The molecule has 0 aromatic rings. The fraction of sp³-hybridized carbons (Fsp3) is 1.00. The van der Waals surface area contributed by atoms with Crippen LogP contribution in [0.25, 0.3) is 0 Å². The van der Waals surface area contributed by atoms with Gasteiger partial charge >= 0.3 is 0 Å². The molecule has 0 aromatic heterocycles. The minimum absolute atomic E-state index is 0.144. The summed E-state index contributed by atoms with van der Waals surface area (Å²) in [6.07, 6.45) is 2.25. The van der Waals surface area contributed by atoms with Gasteiger partial charge in [0.1, 0.15) is 6.23 Å². The molecule has 2 saturated heterocycles. The van der Waals surface area contributed by atoms with E-state index in [4.69, 9.17) is 14.2 Å². The van der Waals surface area contributed by atoms with E-state index in [2.05, 4.69) is 0 Å². The molecular formula is C12H23NO4. The molecule has 2 aliphatic heterocycles. The Morgan fingerprint density at radius 1 is 1.24 bits per heavy atom. The third-order valence-electron chi connectivity index (χ3n) is 3.34. The summed E-state index contributed by atoms with van der Waals surface area (Å²) in [6.45, 7) is 5.57. The lowest BCUT2D eigenvalue weighted by Gasteiger charge is -2.36. The van der Waals surface area contributed by atoms with Gasteiger partial charge in [0.15, 0.2) is 6.29 Å². The molecule has 2 rings (SSSR count). The Morgan fingerprint density at radius 3 is 2.65 bits per heavy atom. The minimum atomic E-state index is -0.565. The summed E-state index contributed by atoms with van der Waals surface area (Å²) in [5, 5.41) is 10.2. The number of nitrogens with zero attached hydrogens (tertiary/aromatic N) is 1. The topological polar surface area (TPSA) is 51.2 Å². The van der Waals surface area contributed by atoms with E-state index in [0.29, 0.717) is 13.2 Å². The molecule has 2 fully saturated rings. The fourth-order valence-corrected chi connectivity index (χ4v) is 2.27. The van der Waals surface area contributed by atoms with E-state index in [-0.39, 0.29) is 12.4 Å². The second-order valence-electron chi connectivity index (χ2n) is 4.70. The molecule has 2 unspecified atom stereocenters. The summed E-state index contributed by atoms with van der Waals surface area (Å²) < 4.78 is 16.5. The maximum absolute atomic E-state index is 10.2. The molecule has 0 spiro atoms. The third-order valence-corrected chi connectivity index (χ3v) is 3.34. The molecule has 0 amide bonds. The van der Waals surface area contributed by atoms with E-state index in [1.807, 2.05) is 11.8 Å². The zero-order valence-corrected chi connectivity index (χ0v) is 10.5. The first kappa shape index (κ1) is 13.2. The summed E-state index contributed by atoms with van der Waals surface area (Å²) in [4.78, 5) is 2.00. The molecule has 17 heavy (non-hydrogen) atoms. The van der Waals surface area contributed by atoms with Crippen molar-refractivity contribution in [2.24, 2.45) is 0 Å². The summed E-state index contributed by atoms with van der Waals surface area (Å²) in [5.41, 5.74) is 0. The van der Waals surface area contributed by atoms with Crippen molar-refractivity contribution in [2.45, 2.75) is 44.8 Å². The lowest BCUT2D eigenvalue weighted by atomic mass is 10.2. The smallest absolute Gasteiger partial charge is 0.158 e. The zero-order valence-electron chi connectivity index (χ0n) is 10.5. The van der Waals surface area contributed by atoms with E-state index in [1.165, 1.54) is 0 Å². The van der Waals surface area contributed by atoms with Crippen LogP contribution in [0.4, 0.5) is 0 Å². The van der Waals surface area contributed by atoms with Gasteiger partial charge in [-0.05, 0) is 26.2 Å². The molecule has 0 bridgehead atoms. The molecule has 1 N–H and O–H groups in total. The molecule has 0 aromatic carbocycles. The van der Waals surface area contributed by atoms with E-state index in [0.717, 1.165) is 39.0 Å². The van der Waals surface area contributed by atoms with Crippen molar-refractivity contribution in [2.75, 3.05) is 32.9 Å². The molecule has 2 aliphatic rings. The summed E-state index contributed by atoms with van der Waals surface area (Å²) in [5.74, 6) is 0. The highest BCUT2D eigenvalue weighted by Gasteiger charge is 2.27. The molecule has 100 valence electrons. The normalized spacial score (nSPS) is 31.1. The lowest BCUT2D eigenvalue weighted by Crippen LogP contribution is -2.49. The number of ether oxygens (including phenoxy) is 3. The highest BCUT2D eigenvalue weighted by molar-refractivity contribution is 4.71. The predicted molar refractivity (Wildman–Crippen MR) is 62.5 cm³/mol. The largest absolute Gasteiger partial charge is 0.379 e. The van der Waals surface area contributed by atoms with Crippen LogP contribution in [0.3, 0.4) is 0 Å². The van der Waals surface area contributed by atoms with Crippen LogP contribution in [0, 0.1) is 0 Å². The third kappa shape index (κ3) is 3.89. The van der Waals surface area contributed by atoms with E-state index < -0.39 is 6.23 Å². The predicted octanol–water partition coefficient (Wildman–Crippen LogP) is 0.569. The average Bonchev–Trinajstić information content (AvgIpc) is 2.40. The fourth-order valence-electron chi connectivity index (χ4n) is 2.27. The van der Waals surface area contributed by atoms with Gasteiger partial charge in [-0.1, -0.05) is 0 Å². The van der Waals surface area contributed by atoms with Crippen LogP contribution < -0.4 is 0 Å². The second kappa shape index (κ2) is 6.66. The Morgan fingerprint density at radius 2 is 2.00 bits per heavy atom. The van der Waals surface area contributed by atoms with Gasteiger partial charge < -0.3 is 19.3 Å². The molecular weight excluding hydrogens is 222 g/mol. The van der Waals surface area contributed by atoms with Crippen LogP contribution >= 0.6 is 0 Å². The second-order valence-corrected chi connectivity index (χ2v) is 4.70. The van der Waals surface area contributed by atoms with Gasteiger partial charge in [0.05, 0.1) is 19.3 Å². The van der Waals surface area contributed by atoms with Gasteiger partial charge in [0, 0.05) is 19.7 Å². The van der Waals surface area contributed by atoms with Crippen molar-refractivity contribution in [3.63, 3.8) is 0 Å². The molecule has 0 saturated carbocycles. The molecule has 5 nitrogen and oxygen atoms in total. The monoisotopic (exact) mass is 245 g/mol. The van der Waals surface area contributed by atoms with Gasteiger partial charge in [-0.2, -0.15) is 0 Å². The summed E-state index contributed by atoms with van der Waals surface area (Å²) >= 11 is 0. The van der Waals surface area contributed by atoms with Crippen LogP contribution in [0.5, 0.6) is 0 Å². The first-order chi connectivity index (χ1) is 8.27. The van der Waals surface area contributed by atoms with Gasteiger partial charge in [0.25, 0.3) is 0 Å². The van der Waals surface area contributed by atoms with Crippen LogP contribution in [-0.4, -0.2) is 61.5 Å². The molecule has 5 heteroatoms. The Hall–Kier alpha value is -0.200. The van der Waals surface area contributed by atoms with E-state index in [1.54, 1.807) is 0 Å². The summed E-state index contributed by atoms with van der Waals surface area (Å²) in [6, 6.07) is 0. The van der Waals surface area contributed by atoms with Crippen molar-refractivity contribution in [3.8, 4) is 0 Å². The van der Waals surface area contributed by atoms with Gasteiger partial charge in [-0.25, -0.2) is 0 Å². The minimum Gasteiger partial charge on any atom is -0.379 e. The van der Waals surface area contributed by atoms with Crippen molar-refractivity contribution >= 4 is 0 Å². The zero-order chi connectivity index (χ0) is 12.1. The number of hydrogen-bond acceptors (Lipinski definition) is 5. The van der Waals surface area contributed by atoms with Crippen molar-refractivity contribution in [1.82, 2.24) is 4.90 Å². The first-order valence-corrected chi connectivity index (χ1v) is 6.54. The molecule has 2 heterocycles. The van der Waals surface area contributed by atoms with Crippen molar-refractivity contribution in [3.05, 3.63) is 0 Å². The van der Waals surface area contributed by atoms with Gasteiger partial charge in [0.2, 0.25) is 0 Å². The number of rotatable bonds is 4. The summed E-state index contributed by atoms with van der Waals surface area (Å²) in [7, 11) is 0. The number of morpholine rings is 1. The number of aliphatic hydroxyl groups excluding tert-OH is 1.